The molecule has 0 unspecified atom stereocenters. The van der Waals surface area contributed by atoms with Crippen LogP contribution in [0.25, 0.3) is 0 Å². The highest BCUT2D eigenvalue weighted by molar-refractivity contribution is 5.74. The summed E-state index contributed by atoms with van der Waals surface area (Å²) >= 11 is 0. The van der Waals surface area contributed by atoms with E-state index in [1.54, 1.807) is 0 Å². The molecule has 1 atom stereocenters. The van der Waals surface area contributed by atoms with Crippen molar-refractivity contribution >= 4 is 6.21 Å². The number of H-pyrrole nitrogens is 1. The average Bonchev–Trinajstić information content (AvgIpc) is 2.59. The van der Waals surface area contributed by atoms with Gasteiger partial charge in [0.25, 0.3) is 0 Å². The van der Waals surface area contributed by atoms with E-state index in [1.165, 1.54) is 0 Å². The molecule has 0 aromatic carbocycles. The van der Waals surface area contributed by atoms with Gasteiger partial charge in [-0.3, -0.25) is 4.99 Å². The van der Waals surface area contributed by atoms with E-state index in [9.17, 15) is 0 Å². The van der Waals surface area contributed by atoms with Gasteiger partial charge in [-0.2, -0.15) is 0 Å². The summed E-state index contributed by atoms with van der Waals surface area (Å²) in [5.74, 6) is 0. The summed E-state index contributed by atoms with van der Waals surface area (Å²) in [7, 11) is 0. The lowest BCUT2D eigenvalue weighted by Crippen LogP contribution is -1.86. The quantitative estimate of drug-likeness (QED) is 0.602. The van der Waals surface area contributed by atoms with Crippen LogP contribution in [0, 0.1) is 0 Å². The second-order valence-corrected chi connectivity index (χ2v) is 2.25. The van der Waals surface area contributed by atoms with Crippen LogP contribution in [0.1, 0.15) is 11.7 Å². The molecule has 0 saturated carbocycles. The van der Waals surface area contributed by atoms with E-state index >= 15 is 0 Å². The van der Waals surface area contributed by atoms with E-state index in [4.69, 9.17) is 0 Å². The number of allylic oxidation sites excluding steroid dienone is 1. The van der Waals surface area contributed by atoms with Gasteiger partial charge in [0.05, 0.1) is 0 Å². The van der Waals surface area contributed by atoms with Gasteiger partial charge in [-0.1, -0.05) is 6.08 Å². The van der Waals surface area contributed by atoms with E-state index in [0.29, 0.717) is 0 Å². The Hall–Kier alpha value is -1.31. The molecule has 10 heavy (non-hydrogen) atoms. The van der Waals surface area contributed by atoms with Gasteiger partial charge in [-0.25, -0.2) is 0 Å². The van der Waals surface area contributed by atoms with Crippen LogP contribution in [0.2, 0.25) is 0 Å². The molecule has 1 aliphatic heterocycles. The first-order valence-electron chi connectivity index (χ1n) is 3.30. The summed E-state index contributed by atoms with van der Waals surface area (Å²) in [6, 6.07) is 4.25. The summed E-state index contributed by atoms with van der Waals surface area (Å²) in [6.07, 6.45) is 7.76. The zero-order chi connectivity index (χ0) is 6.81. The monoisotopic (exact) mass is 132 g/mol. The Bertz CT molecular complexity index is 245. The fourth-order valence-electron chi connectivity index (χ4n) is 1.06. The van der Waals surface area contributed by atoms with E-state index < -0.39 is 0 Å². The van der Waals surface area contributed by atoms with E-state index in [2.05, 4.69) is 16.1 Å². The summed E-state index contributed by atoms with van der Waals surface area (Å²) in [4.78, 5) is 7.32. The summed E-state index contributed by atoms with van der Waals surface area (Å²) in [5, 5.41) is 0. The molecule has 1 N–H and O–H groups in total. The minimum atomic E-state index is 0.231. The number of hydrogen-bond donors (Lipinski definition) is 1. The fourth-order valence-corrected chi connectivity index (χ4v) is 1.06. The minimum absolute atomic E-state index is 0.231. The summed E-state index contributed by atoms with van der Waals surface area (Å²) in [6.45, 7) is 0. The van der Waals surface area contributed by atoms with Gasteiger partial charge < -0.3 is 4.98 Å². The molecule has 1 aliphatic rings. The van der Waals surface area contributed by atoms with Gasteiger partial charge in [0.15, 0.2) is 0 Å². The molecule has 1 aromatic heterocycles. The first-order chi connectivity index (χ1) is 4.97. The number of aromatic nitrogens is 1. The number of aliphatic imine (C=N–C) groups is 1. The Kier molecular flexibility index (Phi) is 1.17. The average molecular weight is 132 g/mol. The molecule has 2 nitrogen and oxygen atoms in total. The number of aromatic amines is 1. The van der Waals surface area contributed by atoms with Crippen molar-refractivity contribution in [3.05, 3.63) is 36.2 Å². The lowest BCUT2D eigenvalue weighted by molar-refractivity contribution is 0.895. The van der Waals surface area contributed by atoms with Crippen molar-refractivity contribution in [3.8, 4) is 0 Å². The van der Waals surface area contributed by atoms with E-state index in [1.807, 2.05) is 30.6 Å². The minimum Gasteiger partial charge on any atom is -0.363 e. The van der Waals surface area contributed by atoms with Crippen LogP contribution in [0.15, 0.2) is 35.5 Å². The molecule has 0 fully saturated rings. The zero-order valence-electron chi connectivity index (χ0n) is 5.49. The molecule has 0 amide bonds. The maximum absolute atomic E-state index is 4.21. The zero-order valence-corrected chi connectivity index (χ0v) is 5.49. The maximum Gasteiger partial charge on any atom is 0.108 e. The van der Waals surface area contributed by atoms with Crippen molar-refractivity contribution in [2.75, 3.05) is 0 Å². The molecule has 0 saturated heterocycles. The van der Waals surface area contributed by atoms with Crippen molar-refractivity contribution in [1.82, 2.24) is 4.98 Å². The molecule has 0 spiro atoms. The second-order valence-electron chi connectivity index (χ2n) is 2.25. The molecule has 1 aromatic rings. The fraction of sp³-hybridized carbons (Fsp3) is 0.125. The Morgan fingerprint density at radius 1 is 1.50 bits per heavy atom. The van der Waals surface area contributed by atoms with Gasteiger partial charge in [0, 0.05) is 18.1 Å². The normalized spacial score (nSPS) is 22.2. The summed E-state index contributed by atoms with van der Waals surface area (Å²) < 4.78 is 0. The van der Waals surface area contributed by atoms with Crippen LogP contribution in [0.3, 0.4) is 0 Å². The third kappa shape index (κ3) is 0.778. The molecule has 2 rings (SSSR count). The Morgan fingerprint density at radius 3 is 3.10 bits per heavy atom. The number of hydrogen-bond acceptors (Lipinski definition) is 1. The maximum atomic E-state index is 4.21. The highest BCUT2D eigenvalue weighted by Gasteiger charge is 2.06. The standard InChI is InChI=1S/C8H8N2/c1-3-7(9-5-1)8-4-2-6-10-8/h1-7,10H/t7-/m1/s1. The summed E-state index contributed by atoms with van der Waals surface area (Å²) in [5.41, 5.74) is 1.16. The topological polar surface area (TPSA) is 28.1 Å². The molecule has 50 valence electrons. The third-order valence-electron chi connectivity index (χ3n) is 1.57. The molecular weight excluding hydrogens is 124 g/mol. The van der Waals surface area contributed by atoms with Crippen molar-refractivity contribution in [2.45, 2.75) is 6.04 Å². The Balaban J connectivity index is 2.29. The van der Waals surface area contributed by atoms with Crippen molar-refractivity contribution < 1.29 is 0 Å². The van der Waals surface area contributed by atoms with E-state index in [-0.39, 0.29) is 6.04 Å². The smallest absolute Gasteiger partial charge is 0.108 e. The molecule has 2 heteroatoms. The lowest BCUT2D eigenvalue weighted by Gasteiger charge is -1.98. The molecule has 0 radical (unpaired) electrons. The first kappa shape index (κ1) is 5.47. The first-order valence-corrected chi connectivity index (χ1v) is 3.30. The van der Waals surface area contributed by atoms with Gasteiger partial charge >= 0.3 is 0 Å². The van der Waals surface area contributed by atoms with Crippen LogP contribution in [0.4, 0.5) is 0 Å². The van der Waals surface area contributed by atoms with Crippen molar-refractivity contribution in [2.24, 2.45) is 4.99 Å². The Labute approximate surface area is 59.3 Å². The van der Waals surface area contributed by atoms with Crippen LogP contribution in [-0.2, 0) is 0 Å². The second kappa shape index (κ2) is 2.14. The highest BCUT2D eigenvalue weighted by Crippen LogP contribution is 2.18. The predicted molar refractivity (Wildman–Crippen MR) is 41.2 cm³/mol. The van der Waals surface area contributed by atoms with Crippen molar-refractivity contribution in [1.29, 1.82) is 0 Å². The van der Waals surface area contributed by atoms with Gasteiger partial charge in [0.1, 0.15) is 6.04 Å². The molecule has 0 bridgehead atoms. The van der Waals surface area contributed by atoms with Crippen LogP contribution < -0.4 is 0 Å². The number of nitrogens with one attached hydrogen (secondary N) is 1. The van der Waals surface area contributed by atoms with Gasteiger partial charge in [0.2, 0.25) is 0 Å². The predicted octanol–water partition coefficient (Wildman–Crippen LogP) is 1.70. The Morgan fingerprint density at radius 2 is 2.50 bits per heavy atom. The van der Waals surface area contributed by atoms with Crippen molar-refractivity contribution in [3.63, 3.8) is 0 Å². The lowest BCUT2D eigenvalue weighted by atomic mass is 10.2. The SMILES string of the molecule is C1=C[C@H](c2ccc[nH]2)N=C1. The number of rotatable bonds is 1. The van der Waals surface area contributed by atoms with Crippen LogP contribution in [-0.4, -0.2) is 11.2 Å². The third-order valence-corrected chi connectivity index (χ3v) is 1.57. The van der Waals surface area contributed by atoms with E-state index in [0.717, 1.165) is 5.69 Å². The molecule has 2 heterocycles. The highest BCUT2D eigenvalue weighted by atomic mass is 14.8. The number of nitrogens with zero attached hydrogens (tertiary/aromatic N) is 1. The largest absolute Gasteiger partial charge is 0.363 e. The molecular formula is C8H8N2. The van der Waals surface area contributed by atoms with Gasteiger partial charge in [-0.05, 0) is 18.2 Å². The van der Waals surface area contributed by atoms with Crippen LogP contribution >= 0.6 is 0 Å². The van der Waals surface area contributed by atoms with Gasteiger partial charge in [-0.15, -0.1) is 0 Å². The molecule has 0 aliphatic carbocycles. The van der Waals surface area contributed by atoms with Crippen LogP contribution in [0.5, 0.6) is 0 Å².